The van der Waals surface area contributed by atoms with Crippen molar-refractivity contribution in [3.63, 3.8) is 0 Å². The topological polar surface area (TPSA) is 12.9 Å². The van der Waals surface area contributed by atoms with Crippen LogP contribution < -0.4 is 0 Å². The Bertz CT molecular complexity index is 1800. The van der Waals surface area contributed by atoms with Crippen LogP contribution in [0, 0.1) is 0 Å². The van der Waals surface area contributed by atoms with Crippen LogP contribution in [0.3, 0.4) is 0 Å². The van der Waals surface area contributed by atoms with Gasteiger partial charge in [-0.2, -0.15) is 0 Å². The summed E-state index contributed by atoms with van der Waals surface area (Å²) in [5.41, 5.74) is 5.80. The molecule has 172 valence electrons. The molecular formula is C33H29NS. The van der Waals surface area contributed by atoms with Gasteiger partial charge in [-0.1, -0.05) is 82.3 Å². The lowest BCUT2D eigenvalue weighted by Gasteiger charge is -2.42. The Morgan fingerprint density at radius 2 is 1.49 bits per heavy atom. The first-order valence-electron chi connectivity index (χ1n) is 12.6. The third kappa shape index (κ3) is 3.02. The van der Waals surface area contributed by atoms with E-state index in [4.69, 9.17) is 4.98 Å². The van der Waals surface area contributed by atoms with Gasteiger partial charge in [-0.15, -0.1) is 11.3 Å². The third-order valence-electron chi connectivity index (χ3n) is 8.35. The number of hydrogen-bond acceptors (Lipinski definition) is 2. The summed E-state index contributed by atoms with van der Waals surface area (Å²) in [7, 11) is 0. The zero-order valence-corrected chi connectivity index (χ0v) is 21.6. The van der Waals surface area contributed by atoms with Crippen molar-refractivity contribution in [2.24, 2.45) is 0 Å². The van der Waals surface area contributed by atoms with Gasteiger partial charge in [-0.05, 0) is 69.2 Å². The minimum absolute atomic E-state index is 0.195. The highest BCUT2D eigenvalue weighted by Crippen LogP contribution is 2.51. The number of aromatic nitrogens is 1. The molecule has 0 atom stereocenters. The van der Waals surface area contributed by atoms with Crippen molar-refractivity contribution in [1.82, 2.24) is 4.98 Å². The summed E-state index contributed by atoms with van der Waals surface area (Å²) in [5, 5.41) is 7.74. The molecule has 0 spiro atoms. The van der Waals surface area contributed by atoms with Gasteiger partial charge in [0.05, 0.1) is 5.69 Å². The molecule has 2 aromatic heterocycles. The van der Waals surface area contributed by atoms with Crippen LogP contribution in [-0.4, -0.2) is 4.98 Å². The second-order valence-corrected chi connectivity index (χ2v) is 12.5. The Morgan fingerprint density at radius 1 is 0.686 bits per heavy atom. The molecule has 1 aliphatic carbocycles. The monoisotopic (exact) mass is 471 g/mol. The molecule has 0 bridgehead atoms. The first kappa shape index (κ1) is 21.1. The van der Waals surface area contributed by atoms with Gasteiger partial charge in [0.1, 0.15) is 0 Å². The van der Waals surface area contributed by atoms with Crippen LogP contribution >= 0.6 is 11.3 Å². The van der Waals surface area contributed by atoms with Crippen LogP contribution in [0.1, 0.15) is 51.7 Å². The van der Waals surface area contributed by atoms with Crippen molar-refractivity contribution in [2.75, 3.05) is 0 Å². The molecule has 7 rings (SSSR count). The molecule has 0 amide bonds. The van der Waals surface area contributed by atoms with Gasteiger partial charge in [-0.25, -0.2) is 0 Å². The standard InChI is InChI=1S/C33H29NS/c1-32(2)15-16-33(3,4)29-27(32)13-12-24-26-19-25-21(18-28(26)35-31(24)29)14-17-34-30(25)23-11-7-9-20-8-5-6-10-22(20)23/h5-14,17-19H,15-16H2,1-4H3. The summed E-state index contributed by atoms with van der Waals surface area (Å²) in [4.78, 5) is 4.91. The molecule has 0 saturated carbocycles. The number of benzene rings is 4. The Hall–Kier alpha value is -3.23. The fraction of sp³-hybridized carbons (Fsp3) is 0.242. The van der Waals surface area contributed by atoms with E-state index in [2.05, 4.69) is 100 Å². The number of thiophene rings is 1. The Morgan fingerprint density at radius 3 is 2.37 bits per heavy atom. The Kier molecular flexibility index (Phi) is 4.31. The van der Waals surface area contributed by atoms with Gasteiger partial charge in [0.25, 0.3) is 0 Å². The van der Waals surface area contributed by atoms with Gasteiger partial charge >= 0.3 is 0 Å². The summed E-state index contributed by atoms with van der Waals surface area (Å²) in [6, 6.07) is 26.9. The highest BCUT2D eigenvalue weighted by atomic mass is 32.1. The van der Waals surface area contributed by atoms with Crippen LogP contribution in [0.2, 0.25) is 0 Å². The lowest BCUT2D eigenvalue weighted by atomic mass is 9.63. The van der Waals surface area contributed by atoms with Gasteiger partial charge in [0, 0.05) is 37.3 Å². The van der Waals surface area contributed by atoms with E-state index in [-0.39, 0.29) is 10.8 Å². The maximum Gasteiger partial charge on any atom is 0.0786 e. The fourth-order valence-corrected chi connectivity index (χ4v) is 7.73. The smallest absolute Gasteiger partial charge is 0.0786 e. The van der Waals surface area contributed by atoms with Crippen molar-refractivity contribution in [3.8, 4) is 11.3 Å². The quantitative estimate of drug-likeness (QED) is 0.232. The van der Waals surface area contributed by atoms with Gasteiger partial charge < -0.3 is 0 Å². The van der Waals surface area contributed by atoms with Crippen LogP contribution in [0.25, 0.3) is 53.0 Å². The lowest BCUT2D eigenvalue weighted by molar-refractivity contribution is 0.335. The summed E-state index contributed by atoms with van der Waals surface area (Å²) in [6.07, 6.45) is 4.44. The summed E-state index contributed by atoms with van der Waals surface area (Å²) in [6.45, 7) is 9.70. The molecule has 0 saturated heterocycles. The van der Waals surface area contributed by atoms with Crippen molar-refractivity contribution < 1.29 is 0 Å². The van der Waals surface area contributed by atoms with E-state index < -0.39 is 0 Å². The maximum absolute atomic E-state index is 4.91. The van der Waals surface area contributed by atoms with Crippen molar-refractivity contribution in [2.45, 2.75) is 51.4 Å². The number of pyridine rings is 1. The van der Waals surface area contributed by atoms with E-state index in [0.29, 0.717) is 0 Å². The molecule has 0 unspecified atom stereocenters. The van der Waals surface area contributed by atoms with E-state index in [9.17, 15) is 0 Å². The van der Waals surface area contributed by atoms with E-state index in [1.165, 1.54) is 65.7 Å². The van der Waals surface area contributed by atoms with Gasteiger partial charge in [-0.3, -0.25) is 4.98 Å². The minimum Gasteiger partial charge on any atom is -0.256 e. The number of fused-ring (bicyclic) bond motifs is 7. The molecule has 0 N–H and O–H groups in total. The molecule has 1 nitrogen and oxygen atoms in total. The summed E-state index contributed by atoms with van der Waals surface area (Å²) >= 11 is 1.98. The number of nitrogens with zero attached hydrogens (tertiary/aromatic N) is 1. The first-order chi connectivity index (χ1) is 16.8. The first-order valence-corrected chi connectivity index (χ1v) is 13.4. The molecule has 1 aliphatic rings. The highest BCUT2D eigenvalue weighted by molar-refractivity contribution is 7.26. The Labute approximate surface area is 210 Å². The van der Waals surface area contributed by atoms with Crippen molar-refractivity contribution >= 4 is 53.1 Å². The molecule has 6 aromatic rings. The zero-order valence-electron chi connectivity index (χ0n) is 20.8. The summed E-state index contributed by atoms with van der Waals surface area (Å²) in [5.74, 6) is 0. The second kappa shape index (κ2) is 7.15. The lowest BCUT2D eigenvalue weighted by Crippen LogP contribution is -2.33. The number of hydrogen-bond donors (Lipinski definition) is 0. The van der Waals surface area contributed by atoms with Crippen LogP contribution in [0.15, 0.2) is 79.0 Å². The van der Waals surface area contributed by atoms with Crippen LogP contribution in [-0.2, 0) is 10.8 Å². The van der Waals surface area contributed by atoms with E-state index in [1.807, 2.05) is 17.5 Å². The largest absolute Gasteiger partial charge is 0.256 e. The summed E-state index contributed by atoms with van der Waals surface area (Å²) < 4.78 is 2.85. The average molecular weight is 472 g/mol. The molecule has 2 heterocycles. The molecular weight excluding hydrogens is 442 g/mol. The predicted octanol–water partition coefficient (Wildman–Crippen LogP) is 9.77. The molecule has 0 fully saturated rings. The fourth-order valence-electron chi connectivity index (χ4n) is 6.27. The van der Waals surface area contributed by atoms with Crippen molar-refractivity contribution in [3.05, 3.63) is 90.1 Å². The second-order valence-electron chi connectivity index (χ2n) is 11.5. The molecule has 0 radical (unpaired) electrons. The maximum atomic E-state index is 4.91. The highest BCUT2D eigenvalue weighted by Gasteiger charge is 2.38. The van der Waals surface area contributed by atoms with Crippen LogP contribution in [0.4, 0.5) is 0 Å². The van der Waals surface area contributed by atoms with Gasteiger partial charge in [0.2, 0.25) is 0 Å². The number of rotatable bonds is 1. The van der Waals surface area contributed by atoms with E-state index in [0.717, 1.165) is 5.69 Å². The SMILES string of the molecule is CC1(C)CCC(C)(C)c2c1ccc1c2sc2cc3ccnc(-c4cccc5ccccc45)c3cc21. The van der Waals surface area contributed by atoms with Crippen LogP contribution in [0.5, 0.6) is 0 Å². The van der Waals surface area contributed by atoms with E-state index in [1.54, 1.807) is 5.56 Å². The average Bonchev–Trinajstić information content (AvgIpc) is 3.22. The predicted molar refractivity (Wildman–Crippen MR) is 153 cm³/mol. The zero-order chi connectivity index (χ0) is 23.9. The minimum atomic E-state index is 0.195. The molecule has 2 heteroatoms. The molecule has 4 aromatic carbocycles. The normalized spacial score (nSPS) is 16.8. The van der Waals surface area contributed by atoms with Gasteiger partial charge in [0.15, 0.2) is 0 Å². The van der Waals surface area contributed by atoms with Crippen molar-refractivity contribution in [1.29, 1.82) is 0 Å². The Balaban J connectivity index is 1.56. The molecule has 0 aliphatic heterocycles. The third-order valence-corrected chi connectivity index (χ3v) is 9.54. The molecule has 35 heavy (non-hydrogen) atoms. The van der Waals surface area contributed by atoms with E-state index >= 15 is 0 Å².